The molecule has 0 amide bonds. The van der Waals surface area contributed by atoms with Crippen LogP contribution in [0.15, 0.2) is 54.7 Å². The molecule has 106 valence electrons. The van der Waals surface area contributed by atoms with Crippen molar-refractivity contribution in [2.45, 2.75) is 6.18 Å². The molecule has 0 fully saturated rings. The summed E-state index contributed by atoms with van der Waals surface area (Å²) < 4.78 is 37.3. The van der Waals surface area contributed by atoms with Crippen molar-refractivity contribution >= 4 is 22.5 Å². The van der Waals surface area contributed by atoms with Gasteiger partial charge in [-0.25, -0.2) is 9.97 Å². The molecule has 0 unspecified atom stereocenters. The smallest absolute Gasteiger partial charge is 0.325 e. The molecule has 0 bridgehead atoms. The first-order valence-electron chi connectivity index (χ1n) is 6.18. The van der Waals surface area contributed by atoms with E-state index in [1.54, 1.807) is 6.07 Å². The van der Waals surface area contributed by atoms with Crippen LogP contribution in [0, 0.1) is 0 Å². The van der Waals surface area contributed by atoms with Gasteiger partial charge in [-0.15, -0.1) is 0 Å². The quantitative estimate of drug-likeness (QED) is 0.760. The number of nitrogens with one attached hydrogen (secondary N) is 1. The first kappa shape index (κ1) is 13.4. The maximum Gasteiger partial charge on any atom is 0.417 e. The molecular weight excluding hydrogens is 279 g/mol. The molecule has 0 saturated heterocycles. The Bertz CT molecular complexity index is 767. The van der Waals surface area contributed by atoms with Gasteiger partial charge in [0.2, 0.25) is 0 Å². The van der Waals surface area contributed by atoms with Gasteiger partial charge in [-0.3, -0.25) is 0 Å². The third-order valence-corrected chi connectivity index (χ3v) is 2.95. The van der Waals surface area contributed by atoms with Crippen LogP contribution in [0.5, 0.6) is 0 Å². The number of aromatic nitrogens is 2. The molecule has 0 aliphatic heterocycles. The minimum atomic E-state index is -4.38. The normalized spacial score (nSPS) is 11.6. The Morgan fingerprint density at radius 1 is 0.857 bits per heavy atom. The second-order valence-electron chi connectivity index (χ2n) is 4.44. The van der Waals surface area contributed by atoms with Crippen molar-refractivity contribution in [3.8, 4) is 0 Å². The van der Waals surface area contributed by atoms with Crippen LogP contribution in [-0.2, 0) is 6.18 Å². The number of alkyl halides is 3. The molecule has 2 aromatic heterocycles. The number of anilines is 2. The maximum absolute atomic E-state index is 12.4. The molecule has 0 aliphatic rings. The van der Waals surface area contributed by atoms with Crippen molar-refractivity contribution in [1.82, 2.24) is 9.97 Å². The molecule has 0 aliphatic carbocycles. The molecule has 1 aromatic carbocycles. The fourth-order valence-corrected chi connectivity index (χ4v) is 1.90. The highest BCUT2D eigenvalue weighted by atomic mass is 19.4. The summed E-state index contributed by atoms with van der Waals surface area (Å²) in [7, 11) is 0. The van der Waals surface area contributed by atoms with E-state index in [4.69, 9.17) is 0 Å². The summed E-state index contributed by atoms with van der Waals surface area (Å²) in [6.07, 6.45) is -3.59. The van der Waals surface area contributed by atoms with E-state index in [9.17, 15) is 13.2 Å². The summed E-state index contributed by atoms with van der Waals surface area (Å²) in [4.78, 5) is 8.12. The summed E-state index contributed by atoms with van der Waals surface area (Å²) >= 11 is 0. The van der Waals surface area contributed by atoms with E-state index in [1.807, 2.05) is 30.3 Å². The van der Waals surface area contributed by atoms with Crippen molar-refractivity contribution in [2.75, 3.05) is 5.32 Å². The van der Waals surface area contributed by atoms with E-state index < -0.39 is 11.7 Å². The van der Waals surface area contributed by atoms with Crippen molar-refractivity contribution in [3.63, 3.8) is 0 Å². The Hall–Kier alpha value is -2.63. The van der Waals surface area contributed by atoms with Crippen LogP contribution in [-0.4, -0.2) is 9.97 Å². The number of rotatable bonds is 2. The highest BCUT2D eigenvalue weighted by Crippen LogP contribution is 2.29. The van der Waals surface area contributed by atoms with Gasteiger partial charge in [0.05, 0.1) is 11.1 Å². The van der Waals surface area contributed by atoms with Gasteiger partial charge in [-0.1, -0.05) is 18.2 Å². The predicted octanol–water partition coefficient (Wildman–Crippen LogP) is 4.39. The maximum atomic E-state index is 12.4. The zero-order valence-electron chi connectivity index (χ0n) is 10.7. The van der Waals surface area contributed by atoms with Crippen LogP contribution in [0.3, 0.4) is 0 Å². The molecule has 0 saturated carbocycles. The molecule has 6 heteroatoms. The second kappa shape index (κ2) is 5.05. The topological polar surface area (TPSA) is 37.8 Å². The van der Waals surface area contributed by atoms with Crippen molar-refractivity contribution in [2.24, 2.45) is 0 Å². The van der Waals surface area contributed by atoms with Gasteiger partial charge in [0.15, 0.2) is 0 Å². The SMILES string of the molecule is FC(F)(F)c1ccc(Nc2ccc3ccccc3n2)nc1. The summed E-state index contributed by atoms with van der Waals surface area (Å²) in [5, 5.41) is 3.87. The fraction of sp³-hybridized carbons (Fsp3) is 0.0667. The lowest BCUT2D eigenvalue weighted by molar-refractivity contribution is -0.137. The van der Waals surface area contributed by atoms with Gasteiger partial charge in [-0.05, 0) is 30.3 Å². The number of pyridine rings is 2. The van der Waals surface area contributed by atoms with Crippen LogP contribution in [0.25, 0.3) is 10.9 Å². The molecule has 3 aromatic rings. The highest BCUT2D eigenvalue weighted by Gasteiger charge is 2.30. The van der Waals surface area contributed by atoms with Crippen molar-refractivity contribution < 1.29 is 13.2 Å². The van der Waals surface area contributed by atoms with Crippen molar-refractivity contribution in [1.29, 1.82) is 0 Å². The number of fused-ring (bicyclic) bond motifs is 1. The number of nitrogens with zero attached hydrogens (tertiary/aromatic N) is 2. The zero-order valence-corrected chi connectivity index (χ0v) is 10.7. The number of halogens is 3. The van der Waals surface area contributed by atoms with E-state index in [0.717, 1.165) is 23.2 Å². The summed E-state index contributed by atoms with van der Waals surface area (Å²) in [6.45, 7) is 0. The Balaban J connectivity index is 1.84. The number of para-hydroxylation sites is 1. The molecule has 0 radical (unpaired) electrons. The van der Waals surface area contributed by atoms with Gasteiger partial charge in [0.25, 0.3) is 0 Å². The Morgan fingerprint density at radius 3 is 2.33 bits per heavy atom. The predicted molar refractivity (Wildman–Crippen MR) is 74.3 cm³/mol. The Kier molecular flexibility index (Phi) is 3.21. The van der Waals surface area contributed by atoms with E-state index >= 15 is 0 Å². The molecule has 0 atom stereocenters. The minimum Gasteiger partial charge on any atom is -0.325 e. The fourth-order valence-electron chi connectivity index (χ4n) is 1.90. The van der Waals surface area contributed by atoms with E-state index in [2.05, 4.69) is 15.3 Å². The largest absolute Gasteiger partial charge is 0.417 e. The lowest BCUT2D eigenvalue weighted by Crippen LogP contribution is -2.06. The molecule has 3 rings (SSSR count). The first-order valence-corrected chi connectivity index (χ1v) is 6.18. The van der Waals surface area contributed by atoms with Gasteiger partial charge >= 0.3 is 6.18 Å². The van der Waals surface area contributed by atoms with E-state index in [0.29, 0.717) is 11.6 Å². The number of hydrogen-bond acceptors (Lipinski definition) is 3. The van der Waals surface area contributed by atoms with Crippen molar-refractivity contribution in [3.05, 3.63) is 60.3 Å². The van der Waals surface area contributed by atoms with Gasteiger partial charge < -0.3 is 5.32 Å². The zero-order chi connectivity index (χ0) is 14.9. The average molecular weight is 289 g/mol. The lowest BCUT2D eigenvalue weighted by atomic mass is 10.2. The standard InChI is InChI=1S/C15H10F3N3/c16-15(17,18)11-6-8-13(19-9-11)21-14-7-5-10-3-1-2-4-12(10)20-14/h1-9H,(H,19,20,21). The van der Waals surface area contributed by atoms with E-state index in [1.165, 1.54) is 6.07 Å². The van der Waals surface area contributed by atoms with Gasteiger partial charge in [-0.2, -0.15) is 13.2 Å². The highest BCUT2D eigenvalue weighted by molar-refractivity contribution is 5.80. The van der Waals surface area contributed by atoms with Crippen LogP contribution < -0.4 is 5.32 Å². The second-order valence-corrected chi connectivity index (χ2v) is 4.44. The van der Waals surface area contributed by atoms with Gasteiger partial charge in [0.1, 0.15) is 11.6 Å². The van der Waals surface area contributed by atoms with Gasteiger partial charge in [0, 0.05) is 11.6 Å². The number of benzene rings is 1. The summed E-state index contributed by atoms with van der Waals surface area (Å²) in [5.74, 6) is 0.840. The lowest BCUT2D eigenvalue weighted by Gasteiger charge is -2.08. The Labute approximate surface area is 118 Å². The molecule has 1 N–H and O–H groups in total. The van der Waals surface area contributed by atoms with Crippen LogP contribution >= 0.6 is 0 Å². The third kappa shape index (κ3) is 2.94. The minimum absolute atomic E-state index is 0.311. The third-order valence-electron chi connectivity index (χ3n) is 2.95. The van der Waals surface area contributed by atoms with Crippen LogP contribution in [0.2, 0.25) is 0 Å². The molecule has 21 heavy (non-hydrogen) atoms. The van der Waals surface area contributed by atoms with Crippen LogP contribution in [0.4, 0.5) is 24.8 Å². The Morgan fingerprint density at radius 2 is 1.62 bits per heavy atom. The molecule has 0 spiro atoms. The summed E-state index contributed by atoms with van der Waals surface area (Å²) in [5.41, 5.74) is 0.0222. The van der Waals surface area contributed by atoms with E-state index in [-0.39, 0.29) is 0 Å². The monoisotopic (exact) mass is 289 g/mol. The summed E-state index contributed by atoms with van der Waals surface area (Å²) in [6, 6.07) is 13.5. The molecular formula is C15H10F3N3. The van der Waals surface area contributed by atoms with Crippen LogP contribution in [0.1, 0.15) is 5.56 Å². The molecule has 2 heterocycles. The average Bonchev–Trinajstić information content (AvgIpc) is 2.47. The number of hydrogen-bond donors (Lipinski definition) is 1. The molecule has 3 nitrogen and oxygen atoms in total. The first-order chi connectivity index (χ1) is 10.0.